The Balaban J connectivity index is 1.37. The predicted molar refractivity (Wildman–Crippen MR) is 133 cm³/mol. The summed E-state index contributed by atoms with van der Waals surface area (Å²) >= 11 is 0. The molecule has 9 nitrogen and oxygen atoms in total. The van der Waals surface area contributed by atoms with Crippen molar-refractivity contribution in [1.82, 2.24) is 14.7 Å². The maximum atomic E-state index is 13.2. The Morgan fingerprint density at radius 1 is 0.889 bits per heavy atom. The van der Waals surface area contributed by atoms with Gasteiger partial charge in [-0.1, -0.05) is 32.0 Å². The number of carboxylic acid groups (broad SMARTS) is 1. The van der Waals surface area contributed by atoms with Crippen LogP contribution in [-0.2, 0) is 29.2 Å². The third kappa shape index (κ3) is 5.52. The summed E-state index contributed by atoms with van der Waals surface area (Å²) in [5.41, 5.74) is 4.05. The van der Waals surface area contributed by atoms with E-state index >= 15 is 0 Å². The lowest BCUT2D eigenvalue weighted by molar-refractivity contribution is -0.132. The first-order valence-corrected chi connectivity index (χ1v) is 12.0. The molecule has 2 amide bonds. The van der Waals surface area contributed by atoms with Crippen molar-refractivity contribution in [3.05, 3.63) is 70.3 Å². The van der Waals surface area contributed by atoms with Crippen LogP contribution in [0.1, 0.15) is 52.4 Å². The topological polar surface area (TPSA) is 122 Å². The van der Waals surface area contributed by atoms with E-state index in [9.17, 15) is 24.6 Å². The fourth-order valence-electron chi connectivity index (χ4n) is 4.72. The van der Waals surface area contributed by atoms with Crippen LogP contribution in [0.5, 0.6) is 11.5 Å². The van der Waals surface area contributed by atoms with Gasteiger partial charge >= 0.3 is 5.97 Å². The van der Waals surface area contributed by atoms with Gasteiger partial charge in [-0.05, 0) is 34.2 Å². The summed E-state index contributed by atoms with van der Waals surface area (Å²) in [5.74, 6) is -1.94. The maximum absolute atomic E-state index is 13.2. The van der Waals surface area contributed by atoms with E-state index in [-0.39, 0.29) is 34.8 Å². The largest absolute Gasteiger partial charge is 0.508 e. The third-order valence-corrected chi connectivity index (χ3v) is 6.74. The van der Waals surface area contributed by atoms with Gasteiger partial charge in [-0.15, -0.1) is 0 Å². The van der Waals surface area contributed by atoms with Gasteiger partial charge in [0.05, 0.1) is 5.56 Å². The third-order valence-electron chi connectivity index (χ3n) is 6.74. The molecule has 9 heteroatoms. The van der Waals surface area contributed by atoms with E-state index in [1.807, 2.05) is 19.9 Å². The number of amides is 2. The van der Waals surface area contributed by atoms with Crippen LogP contribution in [0.2, 0.25) is 0 Å². The molecule has 0 radical (unpaired) electrons. The number of carboxylic acids is 1. The highest BCUT2D eigenvalue weighted by Gasteiger charge is 2.28. The van der Waals surface area contributed by atoms with Crippen LogP contribution in [0.4, 0.5) is 0 Å². The summed E-state index contributed by atoms with van der Waals surface area (Å²) in [7, 11) is 0. The van der Waals surface area contributed by atoms with Crippen LogP contribution in [0.25, 0.3) is 0 Å². The van der Waals surface area contributed by atoms with Gasteiger partial charge in [0, 0.05) is 64.0 Å². The lowest BCUT2D eigenvalue weighted by Crippen LogP contribution is -2.47. The Kier molecular flexibility index (Phi) is 7.30. The van der Waals surface area contributed by atoms with Gasteiger partial charge in [0.1, 0.15) is 11.5 Å². The zero-order valence-electron chi connectivity index (χ0n) is 20.5. The van der Waals surface area contributed by atoms with Crippen LogP contribution in [0, 0.1) is 0 Å². The molecule has 2 aliphatic heterocycles. The summed E-state index contributed by atoms with van der Waals surface area (Å²) < 4.78 is 0. The molecule has 4 rings (SSSR count). The van der Waals surface area contributed by atoms with Crippen molar-refractivity contribution in [2.24, 2.45) is 0 Å². The fourth-order valence-corrected chi connectivity index (χ4v) is 4.72. The van der Waals surface area contributed by atoms with Crippen LogP contribution in [-0.4, -0.2) is 74.0 Å². The number of hydrogen-bond acceptors (Lipinski definition) is 6. The number of nitrogens with zero attached hydrogens (tertiary/aromatic N) is 3. The van der Waals surface area contributed by atoms with E-state index in [2.05, 4.69) is 17.0 Å². The number of aromatic hydroxyl groups is 2. The van der Waals surface area contributed by atoms with E-state index in [0.29, 0.717) is 51.4 Å². The van der Waals surface area contributed by atoms with Crippen LogP contribution in [0.3, 0.4) is 0 Å². The summed E-state index contributed by atoms with van der Waals surface area (Å²) in [4.78, 5) is 41.5. The Morgan fingerprint density at radius 2 is 1.58 bits per heavy atom. The Labute approximate surface area is 209 Å². The standard InChI is InChI=1S/C27H31N3O6/c1-17(2)21-12-22(24(32)13-23(21)31)27(36)30-15-19-4-3-18(11-20(19)16-30)14-28-7-9-29(10-8-28)25(33)5-6-26(34)35/h3-6,11-13,17,31-32H,7-10,14-16H2,1-2H3,(H,34,35)/b6-5+. The van der Waals surface area contributed by atoms with Crippen molar-refractivity contribution in [1.29, 1.82) is 0 Å². The Morgan fingerprint density at radius 3 is 2.25 bits per heavy atom. The van der Waals surface area contributed by atoms with Gasteiger partial charge in [-0.25, -0.2) is 4.79 Å². The van der Waals surface area contributed by atoms with E-state index in [1.54, 1.807) is 15.9 Å². The molecular weight excluding hydrogens is 462 g/mol. The molecule has 1 fully saturated rings. The second kappa shape index (κ2) is 10.4. The minimum Gasteiger partial charge on any atom is -0.508 e. The first-order chi connectivity index (χ1) is 17.1. The number of carbonyl (C=O) groups is 3. The molecule has 0 aromatic heterocycles. The normalized spacial score (nSPS) is 16.1. The summed E-state index contributed by atoms with van der Waals surface area (Å²) in [6.45, 7) is 7.89. The molecule has 0 unspecified atom stereocenters. The SMILES string of the molecule is CC(C)c1cc(C(=O)N2Cc3ccc(CN4CCN(C(=O)/C=C/C(=O)O)CC4)cc3C2)c(O)cc1O. The molecule has 0 aliphatic carbocycles. The zero-order chi connectivity index (χ0) is 26.0. The van der Waals surface area contributed by atoms with Crippen molar-refractivity contribution >= 4 is 17.8 Å². The van der Waals surface area contributed by atoms with Gasteiger partial charge in [-0.3, -0.25) is 14.5 Å². The summed E-state index contributed by atoms with van der Waals surface area (Å²) in [6, 6.07) is 9.00. The van der Waals surface area contributed by atoms with Crippen molar-refractivity contribution < 1.29 is 29.7 Å². The molecule has 2 aromatic rings. The Hall–Kier alpha value is -3.85. The Bertz CT molecular complexity index is 1210. The number of fused-ring (bicyclic) bond motifs is 1. The smallest absolute Gasteiger partial charge is 0.328 e. The monoisotopic (exact) mass is 493 g/mol. The molecule has 0 bridgehead atoms. The number of hydrogen-bond donors (Lipinski definition) is 3. The van der Waals surface area contributed by atoms with Gasteiger partial charge in [0.2, 0.25) is 5.91 Å². The summed E-state index contributed by atoms with van der Waals surface area (Å²) in [6.07, 6.45) is 1.95. The first kappa shape index (κ1) is 25.2. The molecule has 190 valence electrons. The number of phenolic OH excluding ortho intramolecular Hbond substituents is 2. The van der Waals surface area contributed by atoms with Crippen LogP contribution >= 0.6 is 0 Å². The summed E-state index contributed by atoms with van der Waals surface area (Å²) in [5, 5.41) is 29.1. The molecule has 1 saturated heterocycles. The molecule has 3 N–H and O–H groups in total. The van der Waals surface area contributed by atoms with Gasteiger partial charge in [0.15, 0.2) is 0 Å². The first-order valence-electron chi connectivity index (χ1n) is 12.0. The van der Waals surface area contributed by atoms with Crippen molar-refractivity contribution in [2.75, 3.05) is 26.2 Å². The predicted octanol–water partition coefficient (Wildman–Crippen LogP) is 2.66. The molecular formula is C27H31N3O6. The van der Waals surface area contributed by atoms with Crippen LogP contribution in [0.15, 0.2) is 42.5 Å². The second-order valence-electron chi connectivity index (χ2n) is 9.62. The van der Waals surface area contributed by atoms with Gasteiger partial charge in [0.25, 0.3) is 5.91 Å². The number of carbonyl (C=O) groups excluding carboxylic acids is 2. The van der Waals surface area contributed by atoms with E-state index < -0.39 is 5.97 Å². The van der Waals surface area contributed by atoms with E-state index in [0.717, 1.165) is 28.8 Å². The zero-order valence-corrected chi connectivity index (χ0v) is 20.5. The molecule has 36 heavy (non-hydrogen) atoms. The molecule has 2 heterocycles. The van der Waals surface area contributed by atoms with E-state index in [1.165, 1.54) is 6.07 Å². The number of phenols is 2. The highest BCUT2D eigenvalue weighted by Crippen LogP contribution is 2.34. The van der Waals surface area contributed by atoms with Gasteiger partial charge in [-0.2, -0.15) is 0 Å². The quantitative estimate of drug-likeness (QED) is 0.529. The van der Waals surface area contributed by atoms with E-state index in [4.69, 9.17) is 5.11 Å². The molecule has 2 aliphatic rings. The van der Waals surface area contributed by atoms with Crippen molar-refractivity contribution in [3.8, 4) is 11.5 Å². The lowest BCUT2D eigenvalue weighted by Gasteiger charge is -2.34. The van der Waals surface area contributed by atoms with Gasteiger partial charge < -0.3 is 25.1 Å². The molecule has 0 spiro atoms. The van der Waals surface area contributed by atoms with Crippen molar-refractivity contribution in [2.45, 2.75) is 39.4 Å². The number of aliphatic carboxylic acids is 1. The van der Waals surface area contributed by atoms with Crippen molar-refractivity contribution in [3.63, 3.8) is 0 Å². The highest BCUT2D eigenvalue weighted by molar-refractivity contribution is 5.97. The molecule has 2 aromatic carbocycles. The molecule has 0 atom stereocenters. The highest BCUT2D eigenvalue weighted by atomic mass is 16.4. The minimum absolute atomic E-state index is 0.0108. The minimum atomic E-state index is -1.14. The maximum Gasteiger partial charge on any atom is 0.328 e. The lowest BCUT2D eigenvalue weighted by atomic mass is 9.98. The molecule has 0 saturated carbocycles. The number of benzene rings is 2. The number of piperazine rings is 1. The average Bonchev–Trinajstić information content (AvgIpc) is 3.26. The van der Waals surface area contributed by atoms with Crippen LogP contribution < -0.4 is 0 Å². The number of rotatable bonds is 6. The average molecular weight is 494 g/mol. The second-order valence-corrected chi connectivity index (χ2v) is 9.62. The fraction of sp³-hybridized carbons (Fsp3) is 0.370.